The van der Waals surface area contributed by atoms with Gasteiger partial charge in [-0.05, 0) is 37.0 Å². The molecule has 7 heteroatoms. The Morgan fingerprint density at radius 3 is 3.00 bits per heavy atom. The number of benzene rings is 1. The maximum Gasteiger partial charge on any atom is 0.247 e. The van der Waals surface area contributed by atoms with Crippen molar-refractivity contribution in [2.45, 2.75) is 19.8 Å². The number of aromatic nitrogens is 3. The molecule has 2 heterocycles. The summed E-state index contributed by atoms with van der Waals surface area (Å²) >= 11 is 6.14. The maximum atomic E-state index is 6.14. The van der Waals surface area contributed by atoms with Crippen molar-refractivity contribution in [3.05, 3.63) is 29.4 Å². The smallest absolute Gasteiger partial charge is 0.247 e. The van der Waals surface area contributed by atoms with Crippen LogP contribution in [0, 0.1) is 5.92 Å². The van der Waals surface area contributed by atoms with Crippen molar-refractivity contribution < 1.29 is 4.74 Å². The first kappa shape index (κ1) is 15.8. The Hall–Kier alpha value is -2.08. The molecule has 1 aromatic carbocycles. The highest BCUT2D eigenvalue weighted by Gasteiger charge is 2.19. The number of rotatable bonds is 4. The molecule has 0 aliphatic carbocycles. The van der Waals surface area contributed by atoms with E-state index in [1.165, 1.54) is 6.42 Å². The van der Waals surface area contributed by atoms with Crippen LogP contribution in [0.15, 0.2) is 24.4 Å². The number of nitrogens with one attached hydrogen (secondary N) is 1. The summed E-state index contributed by atoms with van der Waals surface area (Å²) in [5.41, 5.74) is 0.828. The van der Waals surface area contributed by atoms with Gasteiger partial charge in [0.25, 0.3) is 0 Å². The molecule has 23 heavy (non-hydrogen) atoms. The zero-order chi connectivity index (χ0) is 16.2. The molecule has 2 aromatic rings. The predicted molar refractivity (Wildman–Crippen MR) is 91.7 cm³/mol. The Labute approximate surface area is 140 Å². The van der Waals surface area contributed by atoms with E-state index in [1.807, 2.05) is 12.1 Å². The maximum absolute atomic E-state index is 6.14. The topological polar surface area (TPSA) is 63.2 Å². The SMILES string of the molecule is COc1ccc(Nc2cnnc(N3CCCC(C)C3)n2)cc1Cl. The molecule has 1 unspecified atom stereocenters. The van der Waals surface area contributed by atoms with E-state index in [0.717, 1.165) is 25.2 Å². The lowest BCUT2D eigenvalue weighted by molar-refractivity contribution is 0.415. The molecule has 3 rings (SSSR count). The number of methoxy groups -OCH3 is 1. The minimum absolute atomic E-state index is 0.546. The van der Waals surface area contributed by atoms with Gasteiger partial charge in [-0.25, -0.2) is 0 Å². The van der Waals surface area contributed by atoms with Crippen LogP contribution >= 0.6 is 11.6 Å². The highest BCUT2D eigenvalue weighted by Crippen LogP contribution is 2.28. The summed E-state index contributed by atoms with van der Waals surface area (Å²) < 4.78 is 5.15. The molecule has 1 N–H and O–H groups in total. The monoisotopic (exact) mass is 333 g/mol. The van der Waals surface area contributed by atoms with Crippen LogP contribution in [0.25, 0.3) is 0 Å². The Morgan fingerprint density at radius 2 is 2.26 bits per heavy atom. The van der Waals surface area contributed by atoms with E-state index in [9.17, 15) is 0 Å². The fraction of sp³-hybridized carbons (Fsp3) is 0.438. The lowest BCUT2D eigenvalue weighted by Gasteiger charge is -2.30. The molecule has 0 spiro atoms. The second-order valence-corrected chi connectivity index (χ2v) is 6.22. The molecule has 1 aromatic heterocycles. The molecule has 1 saturated heterocycles. The number of hydrogen-bond acceptors (Lipinski definition) is 6. The van der Waals surface area contributed by atoms with E-state index < -0.39 is 0 Å². The summed E-state index contributed by atoms with van der Waals surface area (Å²) in [6, 6.07) is 5.49. The first-order valence-corrected chi connectivity index (χ1v) is 8.08. The van der Waals surface area contributed by atoms with Gasteiger partial charge in [-0.3, -0.25) is 0 Å². The highest BCUT2D eigenvalue weighted by atomic mass is 35.5. The van der Waals surface area contributed by atoms with Gasteiger partial charge in [0.05, 0.1) is 18.3 Å². The third-order valence-corrected chi connectivity index (χ3v) is 4.21. The number of nitrogens with zero attached hydrogens (tertiary/aromatic N) is 4. The first-order valence-electron chi connectivity index (χ1n) is 7.71. The highest BCUT2D eigenvalue weighted by molar-refractivity contribution is 6.32. The average Bonchev–Trinajstić information content (AvgIpc) is 2.55. The number of ether oxygens (including phenoxy) is 1. The second kappa shape index (κ2) is 7.00. The lowest BCUT2D eigenvalue weighted by Crippen LogP contribution is -2.35. The molecule has 6 nitrogen and oxygen atoms in total. The van der Waals surface area contributed by atoms with Gasteiger partial charge in [0.15, 0.2) is 5.82 Å². The van der Waals surface area contributed by atoms with Crippen LogP contribution < -0.4 is 15.0 Å². The number of halogens is 1. The van der Waals surface area contributed by atoms with E-state index in [2.05, 4.69) is 32.3 Å². The van der Waals surface area contributed by atoms with Gasteiger partial charge < -0.3 is 15.0 Å². The summed E-state index contributed by atoms with van der Waals surface area (Å²) in [7, 11) is 1.59. The van der Waals surface area contributed by atoms with Gasteiger partial charge in [0.2, 0.25) is 5.95 Å². The lowest BCUT2D eigenvalue weighted by atomic mass is 10.0. The van der Waals surface area contributed by atoms with Crippen LogP contribution in [0.1, 0.15) is 19.8 Å². The van der Waals surface area contributed by atoms with E-state index in [-0.39, 0.29) is 0 Å². The molecule has 0 bridgehead atoms. The standard InChI is InChI=1S/C16H20ClN5O/c1-11-4-3-7-22(10-11)16-20-15(9-18-21-16)19-12-5-6-14(23-2)13(17)8-12/h5-6,8-9,11H,3-4,7,10H2,1-2H3,(H,19,20,21). The van der Waals surface area contributed by atoms with Crippen molar-refractivity contribution >= 4 is 29.1 Å². The Balaban J connectivity index is 1.76. The summed E-state index contributed by atoms with van der Waals surface area (Å²) in [6.07, 6.45) is 4.03. The van der Waals surface area contributed by atoms with Crippen molar-refractivity contribution in [1.82, 2.24) is 15.2 Å². The third-order valence-electron chi connectivity index (χ3n) is 3.91. The molecule has 1 atom stereocenters. The zero-order valence-electron chi connectivity index (χ0n) is 13.3. The van der Waals surface area contributed by atoms with Crippen molar-refractivity contribution in [3.8, 4) is 5.75 Å². The average molecular weight is 334 g/mol. The minimum atomic E-state index is 0.546. The van der Waals surface area contributed by atoms with Crippen LogP contribution in [-0.2, 0) is 0 Å². The van der Waals surface area contributed by atoms with Crippen molar-refractivity contribution in [2.75, 3.05) is 30.4 Å². The van der Waals surface area contributed by atoms with Crippen LogP contribution in [0.3, 0.4) is 0 Å². The van der Waals surface area contributed by atoms with E-state index in [0.29, 0.717) is 28.5 Å². The molecule has 0 radical (unpaired) electrons. The van der Waals surface area contributed by atoms with Gasteiger partial charge in [-0.1, -0.05) is 18.5 Å². The van der Waals surface area contributed by atoms with Crippen molar-refractivity contribution in [3.63, 3.8) is 0 Å². The van der Waals surface area contributed by atoms with E-state index in [4.69, 9.17) is 16.3 Å². The molecular formula is C16H20ClN5O. The summed E-state index contributed by atoms with van der Waals surface area (Å²) in [4.78, 5) is 6.75. The van der Waals surface area contributed by atoms with Gasteiger partial charge in [0, 0.05) is 18.8 Å². The van der Waals surface area contributed by atoms with Gasteiger partial charge in [0.1, 0.15) is 5.75 Å². The molecular weight excluding hydrogens is 314 g/mol. The largest absolute Gasteiger partial charge is 0.495 e. The van der Waals surface area contributed by atoms with Gasteiger partial charge >= 0.3 is 0 Å². The normalized spacial score (nSPS) is 17.9. The van der Waals surface area contributed by atoms with Gasteiger partial charge in [-0.2, -0.15) is 10.1 Å². The van der Waals surface area contributed by atoms with Crippen LogP contribution in [0.2, 0.25) is 5.02 Å². The molecule has 0 saturated carbocycles. The predicted octanol–water partition coefficient (Wildman–Crippen LogP) is 3.51. The third kappa shape index (κ3) is 3.82. The fourth-order valence-corrected chi connectivity index (χ4v) is 3.01. The van der Waals surface area contributed by atoms with Crippen molar-refractivity contribution in [1.29, 1.82) is 0 Å². The van der Waals surface area contributed by atoms with Crippen LogP contribution in [-0.4, -0.2) is 35.4 Å². The van der Waals surface area contributed by atoms with Crippen LogP contribution in [0.5, 0.6) is 5.75 Å². The van der Waals surface area contributed by atoms with E-state index >= 15 is 0 Å². The Kier molecular flexibility index (Phi) is 4.81. The minimum Gasteiger partial charge on any atom is -0.495 e. The molecule has 0 amide bonds. The van der Waals surface area contributed by atoms with Crippen LogP contribution in [0.4, 0.5) is 17.5 Å². The summed E-state index contributed by atoms with van der Waals surface area (Å²) in [6.45, 7) is 4.20. The van der Waals surface area contributed by atoms with Crippen molar-refractivity contribution in [2.24, 2.45) is 5.92 Å². The summed E-state index contributed by atoms with van der Waals surface area (Å²) in [5.74, 6) is 2.61. The zero-order valence-corrected chi connectivity index (χ0v) is 14.0. The fourth-order valence-electron chi connectivity index (χ4n) is 2.75. The number of piperidine rings is 1. The Morgan fingerprint density at radius 1 is 1.39 bits per heavy atom. The first-order chi connectivity index (χ1) is 11.2. The molecule has 1 aliphatic heterocycles. The molecule has 1 fully saturated rings. The quantitative estimate of drug-likeness (QED) is 0.923. The Bertz CT molecular complexity index is 681. The number of anilines is 3. The van der Waals surface area contributed by atoms with Gasteiger partial charge in [-0.15, -0.1) is 5.10 Å². The van der Waals surface area contributed by atoms with E-state index in [1.54, 1.807) is 19.4 Å². The second-order valence-electron chi connectivity index (χ2n) is 5.81. The molecule has 122 valence electrons. The number of hydrogen-bond donors (Lipinski definition) is 1. The summed E-state index contributed by atoms with van der Waals surface area (Å²) in [5, 5.41) is 12.0. The molecule has 1 aliphatic rings.